The van der Waals surface area contributed by atoms with Crippen LogP contribution in [0.3, 0.4) is 0 Å². The number of alkyl halides is 1. The Morgan fingerprint density at radius 1 is 1.73 bits per heavy atom. The van der Waals surface area contributed by atoms with Crippen molar-refractivity contribution < 1.29 is 0 Å². The molecule has 0 radical (unpaired) electrons. The van der Waals surface area contributed by atoms with Crippen LogP contribution in [0.15, 0.2) is 17.8 Å². The molecule has 0 saturated heterocycles. The quantitative estimate of drug-likeness (QED) is 0.579. The van der Waals surface area contributed by atoms with Crippen LogP contribution in [-0.4, -0.2) is 9.38 Å². The van der Waals surface area contributed by atoms with Gasteiger partial charge in [-0.2, -0.15) is 0 Å². The highest BCUT2D eigenvalue weighted by Crippen LogP contribution is 2.22. The molecule has 0 saturated carbocycles. The molecule has 2 nitrogen and oxygen atoms in total. The summed E-state index contributed by atoms with van der Waals surface area (Å²) in [5, 5.41) is 2.05. The van der Waals surface area contributed by atoms with Gasteiger partial charge in [-0.3, -0.25) is 4.40 Å². The lowest BCUT2D eigenvalue weighted by molar-refractivity contribution is 1.07. The number of hydrogen-bond acceptors (Lipinski definition) is 2. The zero-order valence-corrected chi connectivity index (χ0v) is 8.96. The van der Waals surface area contributed by atoms with E-state index in [-0.39, 0.29) is 0 Å². The van der Waals surface area contributed by atoms with Crippen molar-refractivity contribution in [3.8, 4) is 0 Å². The van der Waals surface area contributed by atoms with Gasteiger partial charge < -0.3 is 0 Å². The van der Waals surface area contributed by atoms with Gasteiger partial charge in [0, 0.05) is 17.8 Å². The number of aromatic nitrogens is 2. The molecule has 0 spiro atoms. The molecule has 4 heteroatoms. The van der Waals surface area contributed by atoms with E-state index < -0.39 is 0 Å². The molecular formula is C7H7IN2S. The monoisotopic (exact) mass is 278 g/mol. The van der Waals surface area contributed by atoms with E-state index in [0.717, 1.165) is 10.7 Å². The Morgan fingerprint density at radius 3 is 3.18 bits per heavy atom. The van der Waals surface area contributed by atoms with Crippen molar-refractivity contribution in [1.29, 1.82) is 0 Å². The SMILES string of the molecule is CC(I)c1cn2ccsc2n1. The van der Waals surface area contributed by atoms with E-state index in [4.69, 9.17) is 0 Å². The molecule has 0 N–H and O–H groups in total. The van der Waals surface area contributed by atoms with E-state index in [9.17, 15) is 0 Å². The van der Waals surface area contributed by atoms with Crippen molar-refractivity contribution in [2.75, 3.05) is 0 Å². The molecule has 0 aromatic carbocycles. The van der Waals surface area contributed by atoms with Gasteiger partial charge in [-0.25, -0.2) is 4.98 Å². The topological polar surface area (TPSA) is 17.3 Å². The highest BCUT2D eigenvalue weighted by atomic mass is 127. The molecular weight excluding hydrogens is 271 g/mol. The first kappa shape index (κ1) is 7.54. The molecule has 0 aliphatic carbocycles. The second-order valence-electron chi connectivity index (χ2n) is 2.37. The summed E-state index contributed by atoms with van der Waals surface area (Å²) in [4.78, 5) is 5.53. The average molecular weight is 278 g/mol. The Kier molecular flexibility index (Phi) is 1.88. The smallest absolute Gasteiger partial charge is 0.193 e. The summed E-state index contributed by atoms with van der Waals surface area (Å²) >= 11 is 4.04. The Balaban J connectivity index is 2.58. The van der Waals surface area contributed by atoms with Gasteiger partial charge in [-0.15, -0.1) is 11.3 Å². The van der Waals surface area contributed by atoms with Crippen molar-refractivity contribution in [3.63, 3.8) is 0 Å². The molecule has 1 unspecified atom stereocenters. The Labute approximate surface area is 82.4 Å². The van der Waals surface area contributed by atoms with Gasteiger partial charge in [-0.05, 0) is 6.92 Å². The maximum Gasteiger partial charge on any atom is 0.193 e. The molecule has 0 bridgehead atoms. The van der Waals surface area contributed by atoms with Crippen LogP contribution in [0.4, 0.5) is 0 Å². The fraction of sp³-hybridized carbons (Fsp3) is 0.286. The molecule has 0 fully saturated rings. The number of imidazole rings is 1. The minimum absolute atomic E-state index is 0.500. The number of rotatable bonds is 1. The minimum atomic E-state index is 0.500. The summed E-state index contributed by atoms with van der Waals surface area (Å²) in [6.07, 6.45) is 4.12. The number of hydrogen-bond donors (Lipinski definition) is 0. The molecule has 11 heavy (non-hydrogen) atoms. The molecule has 0 amide bonds. The molecule has 2 aromatic rings. The second kappa shape index (κ2) is 2.75. The molecule has 2 rings (SSSR count). The van der Waals surface area contributed by atoms with Gasteiger partial charge in [0.05, 0.1) is 9.62 Å². The van der Waals surface area contributed by atoms with Gasteiger partial charge in [0.15, 0.2) is 4.96 Å². The molecule has 1 atom stereocenters. The van der Waals surface area contributed by atoms with Crippen molar-refractivity contribution in [1.82, 2.24) is 9.38 Å². The zero-order chi connectivity index (χ0) is 7.84. The number of nitrogens with zero attached hydrogens (tertiary/aromatic N) is 2. The highest BCUT2D eigenvalue weighted by Gasteiger charge is 2.05. The minimum Gasteiger partial charge on any atom is -0.297 e. The standard InChI is InChI=1S/C7H7IN2S/c1-5(8)6-4-10-2-3-11-7(10)9-6/h2-5H,1H3. The second-order valence-corrected chi connectivity index (χ2v) is 5.12. The summed E-state index contributed by atoms with van der Waals surface area (Å²) in [6, 6.07) is 0. The van der Waals surface area contributed by atoms with Crippen LogP contribution in [0.5, 0.6) is 0 Å². The summed E-state index contributed by atoms with van der Waals surface area (Å²) in [7, 11) is 0. The van der Waals surface area contributed by atoms with Crippen LogP contribution in [0.25, 0.3) is 4.96 Å². The molecule has 2 heterocycles. The molecule has 0 aliphatic rings. The van der Waals surface area contributed by atoms with Crippen LogP contribution in [0, 0.1) is 0 Å². The fourth-order valence-corrected chi connectivity index (χ4v) is 1.94. The van der Waals surface area contributed by atoms with Gasteiger partial charge in [0.25, 0.3) is 0 Å². The predicted octanol–water partition coefficient (Wildman–Crippen LogP) is 2.89. The Bertz CT molecular complexity index is 335. The normalized spacial score (nSPS) is 14.0. The van der Waals surface area contributed by atoms with Crippen molar-refractivity contribution in [2.24, 2.45) is 0 Å². The van der Waals surface area contributed by atoms with E-state index in [1.807, 2.05) is 11.6 Å². The zero-order valence-electron chi connectivity index (χ0n) is 5.99. The Morgan fingerprint density at radius 2 is 2.55 bits per heavy atom. The van der Waals surface area contributed by atoms with E-state index in [1.54, 1.807) is 11.3 Å². The lowest BCUT2D eigenvalue weighted by Gasteiger charge is -1.92. The molecule has 2 aromatic heterocycles. The summed E-state index contributed by atoms with van der Waals surface area (Å²) in [5.41, 5.74) is 1.16. The van der Waals surface area contributed by atoms with Crippen LogP contribution in [-0.2, 0) is 0 Å². The average Bonchev–Trinajstić information content (AvgIpc) is 2.40. The van der Waals surface area contributed by atoms with E-state index in [2.05, 4.69) is 45.1 Å². The predicted molar refractivity (Wildman–Crippen MR) is 55.5 cm³/mol. The maximum absolute atomic E-state index is 4.45. The van der Waals surface area contributed by atoms with Gasteiger partial charge in [-0.1, -0.05) is 22.6 Å². The van der Waals surface area contributed by atoms with Gasteiger partial charge in [0.2, 0.25) is 0 Å². The number of halogens is 1. The van der Waals surface area contributed by atoms with E-state index in [1.165, 1.54) is 0 Å². The fourth-order valence-electron chi connectivity index (χ4n) is 0.937. The van der Waals surface area contributed by atoms with Crippen molar-refractivity contribution >= 4 is 38.9 Å². The largest absolute Gasteiger partial charge is 0.297 e. The lowest BCUT2D eigenvalue weighted by Crippen LogP contribution is -1.80. The third-order valence-corrected chi connectivity index (χ3v) is 2.93. The van der Waals surface area contributed by atoms with Gasteiger partial charge in [0.1, 0.15) is 0 Å². The van der Waals surface area contributed by atoms with E-state index in [0.29, 0.717) is 3.92 Å². The first-order valence-electron chi connectivity index (χ1n) is 3.33. The summed E-state index contributed by atoms with van der Waals surface area (Å²) in [5.74, 6) is 0. The summed E-state index contributed by atoms with van der Waals surface area (Å²) < 4.78 is 2.56. The van der Waals surface area contributed by atoms with Gasteiger partial charge >= 0.3 is 0 Å². The maximum atomic E-state index is 4.45. The third kappa shape index (κ3) is 1.29. The summed E-state index contributed by atoms with van der Waals surface area (Å²) in [6.45, 7) is 2.15. The Hall–Kier alpha value is -0.100. The van der Waals surface area contributed by atoms with Crippen LogP contribution >= 0.6 is 33.9 Å². The van der Waals surface area contributed by atoms with Crippen molar-refractivity contribution in [3.05, 3.63) is 23.5 Å². The molecule has 58 valence electrons. The van der Waals surface area contributed by atoms with Crippen molar-refractivity contribution in [2.45, 2.75) is 10.8 Å². The third-order valence-electron chi connectivity index (χ3n) is 1.52. The van der Waals surface area contributed by atoms with Crippen LogP contribution < -0.4 is 0 Å². The van der Waals surface area contributed by atoms with Crippen LogP contribution in [0.1, 0.15) is 16.5 Å². The van der Waals surface area contributed by atoms with E-state index >= 15 is 0 Å². The lowest BCUT2D eigenvalue weighted by atomic mass is 10.4. The first-order chi connectivity index (χ1) is 5.27. The highest BCUT2D eigenvalue weighted by molar-refractivity contribution is 14.1. The van der Waals surface area contributed by atoms with Crippen LogP contribution in [0.2, 0.25) is 0 Å². The molecule has 0 aliphatic heterocycles. The number of fused-ring (bicyclic) bond motifs is 1. The number of thiazole rings is 1. The first-order valence-corrected chi connectivity index (χ1v) is 5.46.